The number of nitrogens with zero attached hydrogens (tertiary/aromatic N) is 1. The van der Waals surface area contributed by atoms with Gasteiger partial charge in [-0.2, -0.15) is 0 Å². The molecule has 3 rings (SSSR count). The molecular formula is C18H26N2O3S. The van der Waals surface area contributed by atoms with Crippen molar-refractivity contribution in [3.63, 3.8) is 0 Å². The second kappa shape index (κ2) is 7.23. The summed E-state index contributed by atoms with van der Waals surface area (Å²) in [6, 6.07) is 6.49. The zero-order valence-electron chi connectivity index (χ0n) is 14.3. The molecule has 0 aromatic heterocycles. The van der Waals surface area contributed by atoms with Gasteiger partial charge in [0.25, 0.3) is 0 Å². The number of nitrogens with one attached hydrogen (secondary N) is 1. The Morgan fingerprint density at radius 2 is 1.83 bits per heavy atom. The predicted octanol–water partition coefficient (Wildman–Crippen LogP) is 1.65. The lowest BCUT2D eigenvalue weighted by Crippen LogP contribution is -2.46. The number of fused-ring (bicyclic) bond motifs is 1. The van der Waals surface area contributed by atoms with Crippen LogP contribution in [0.25, 0.3) is 0 Å². The molecule has 1 N–H and O–H groups in total. The Labute approximate surface area is 144 Å². The van der Waals surface area contributed by atoms with Crippen molar-refractivity contribution < 1.29 is 13.2 Å². The van der Waals surface area contributed by atoms with Gasteiger partial charge in [-0.05, 0) is 55.2 Å². The van der Waals surface area contributed by atoms with Gasteiger partial charge in [0.15, 0.2) is 0 Å². The van der Waals surface area contributed by atoms with Gasteiger partial charge in [-0.15, -0.1) is 0 Å². The quantitative estimate of drug-likeness (QED) is 0.898. The predicted molar refractivity (Wildman–Crippen MR) is 94.4 cm³/mol. The number of aryl methyl sites for hydroxylation is 2. The van der Waals surface area contributed by atoms with E-state index in [-0.39, 0.29) is 11.9 Å². The standard InChI is InChI=1S/C18H26N2O3S/c1-24(22,23)20-10-8-17(9-11-20)19-18(21)13-14-6-7-15-4-2-3-5-16(15)12-14/h6-7,12,17H,2-5,8-11,13H2,1H3,(H,19,21). The van der Waals surface area contributed by atoms with Crippen LogP contribution in [-0.4, -0.2) is 44.0 Å². The molecule has 6 heteroatoms. The fourth-order valence-electron chi connectivity index (χ4n) is 3.69. The van der Waals surface area contributed by atoms with Crippen molar-refractivity contribution in [3.05, 3.63) is 34.9 Å². The van der Waals surface area contributed by atoms with Gasteiger partial charge in [-0.25, -0.2) is 12.7 Å². The van der Waals surface area contributed by atoms with E-state index in [2.05, 4.69) is 23.5 Å². The number of carbonyl (C=O) groups is 1. The molecule has 1 aliphatic carbocycles. The van der Waals surface area contributed by atoms with Gasteiger partial charge < -0.3 is 5.32 Å². The monoisotopic (exact) mass is 350 g/mol. The third kappa shape index (κ3) is 4.36. The van der Waals surface area contributed by atoms with Gasteiger partial charge in [0.05, 0.1) is 12.7 Å². The summed E-state index contributed by atoms with van der Waals surface area (Å²) in [6.45, 7) is 0.977. The van der Waals surface area contributed by atoms with E-state index in [4.69, 9.17) is 0 Å². The van der Waals surface area contributed by atoms with Gasteiger partial charge in [-0.3, -0.25) is 4.79 Å². The van der Waals surface area contributed by atoms with E-state index in [0.29, 0.717) is 32.4 Å². The van der Waals surface area contributed by atoms with E-state index < -0.39 is 10.0 Å². The molecule has 1 fully saturated rings. The van der Waals surface area contributed by atoms with E-state index in [1.807, 2.05) is 0 Å². The molecular weight excluding hydrogens is 324 g/mol. The molecule has 24 heavy (non-hydrogen) atoms. The first-order valence-electron chi connectivity index (χ1n) is 8.77. The molecule has 0 atom stereocenters. The molecule has 0 radical (unpaired) electrons. The maximum atomic E-state index is 12.3. The first kappa shape index (κ1) is 17.4. The average molecular weight is 350 g/mol. The summed E-state index contributed by atoms with van der Waals surface area (Å²) in [5, 5.41) is 3.06. The van der Waals surface area contributed by atoms with E-state index >= 15 is 0 Å². The summed E-state index contributed by atoms with van der Waals surface area (Å²) in [6.07, 6.45) is 7.78. The van der Waals surface area contributed by atoms with Crippen LogP contribution in [0, 0.1) is 0 Å². The summed E-state index contributed by atoms with van der Waals surface area (Å²) < 4.78 is 24.5. The van der Waals surface area contributed by atoms with E-state index in [0.717, 1.165) is 18.4 Å². The Bertz CT molecular complexity index is 707. The van der Waals surface area contributed by atoms with Crippen LogP contribution in [0.5, 0.6) is 0 Å². The van der Waals surface area contributed by atoms with Crippen molar-refractivity contribution in [3.8, 4) is 0 Å². The first-order chi connectivity index (χ1) is 11.4. The largest absolute Gasteiger partial charge is 0.353 e. The lowest BCUT2D eigenvalue weighted by atomic mass is 9.90. The van der Waals surface area contributed by atoms with Crippen molar-refractivity contribution in [1.82, 2.24) is 9.62 Å². The number of piperidine rings is 1. The summed E-state index contributed by atoms with van der Waals surface area (Å²) in [5.41, 5.74) is 3.90. The normalized spacial score (nSPS) is 19.7. The lowest BCUT2D eigenvalue weighted by Gasteiger charge is -2.30. The van der Waals surface area contributed by atoms with Gasteiger partial charge >= 0.3 is 0 Å². The number of amides is 1. The fourth-order valence-corrected chi connectivity index (χ4v) is 4.57. The van der Waals surface area contributed by atoms with E-state index in [1.54, 1.807) is 0 Å². The minimum atomic E-state index is -3.11. The number of rotatable bonds is 4. The average Bonchev–Trinajstić information content (AvgIpc) is 2.54. The third-order valence-electron chi connectivity index (χ3n) is 5.07. The van der Waals surface area contributed by atoms with Crippen LogP contribution in [0.2, 0.25) is 0 Å². The molecule has 1 heterocycles. The van der Waals surface area contributed by atoms with Crippen molar-refractivity contribution >= 4 is 15.9 Å². The van der Waals surface area contributed by atoms with Crippen LogP contribution >= 0.6 is 0 Å². The van der Waals surface area contributed by atoms with Gasteiger partial charge in [-0.1, -0.05) is 18.2 Å². The van der Waals surface area contributed by atoms with Crippen LogP contribution in [0.4, 0.5) is 0 Å². The Morgan fingerprint density at radius 3 is 2.50 bits per heavy atom. The molecule has 2 aliphatic rings. The molecule has 1 aliphatic heterocycles. The van der Waals surface area contributed by atoms with Gasteiger partial charge in [0, 0.05) is 19.1 Å². The van der Waals surface area contributed by atoms with Crippen LogP contribution in [-0.2, 0) is 34.1 Å². The number of carbonyl (C=O) groups excluding carboxylic acids is 1. The lowest BCUT2D eigenvalue weighted by molar-refractivity contribution is -0.121. The molecule has 1 aromatic carbocycles. The van der Waals surface area contributed by atoms with Crippen molar-refractivity contribution in [2.24, 2.45) is 0 Å². The second-order valence-electron chi connectivity index (χ2n) is 6.99. The molecule has 0 unspecified atom stereocenters. The van der Waals surface area contributed by atoms with Crippen LogP contribution in [0.15, 0.2) is 18.2 Å². The van der Waals surface area contributed by atoms with Gasteiger partial charge in [0.2, 0.25) is 15.9 Å². The zero-order valence-corrected chi connectivity index (χ0v) is 15.1. The summed E-state index contributed by atoms with van der Waals surface area (Å²) in [5.74, 6) is 0.0311. The minimum absolute atomic E-state index is 0.0311. The van der Waals surface area contributed by atoms with Crippen LogP contribution in [0.1, 0.15) is 42.4 Å². The molecule has 0 saturated carbocycles. The smallest absolute Gasteiger partial charge is 0.224 e. The highest BCUT2D eigenvalue weighted by atomic mass is 32.2. The maximum absolute atomic E-state index is 12.3. The van der Waals surface area contributed by atoms with Gasteiger partial charge in [0.1, 0.15) is 0 Å². The number of hydrogen-bond donors (Lipinski definition) is 1. The molecule has 1 saturated heterocycles. The molecule has 0 bridgehead atoms. The Hall–Kier alpha value is -1.40. The summed E-state index contributed by atoms with van der Waals surface area (Å²) in [4.78, 5) is 12.3. The Morgan fingerprint density at radius 1 is 1.17 bits per heavy atom. The summed E-state index contributed by atoms with van der Waals surface area (Å²) in [7, 11) is -3.11. The highest BCUT2D eigenvalue weighted by Crippen LogP contribution is 2.22. The van der Waals surface area contributed by atoms with Crippen molar-refractivity contribution in [2.45, 2.75) is 51.0 Å². The van der Waals surface area contributed by atoms with E-state index in [1.165, 1.54) is 34.5 Å². The molecule has 5 nitrogen and oxygen atoms in total. The highest BCUT2D eigenvalue weighted by Gasteiger charge is 2.25. The second-order valence-corrected chi connectivity index (χ2v) is 8.97. The van der Waals surface area contributed by atoms with Crippen molar-refractivity contribution in [2.75, 3.05) is 19.3 Å². The maximum Gasteiger partial charge on any atom is 0.224 e. The van der Waals surface area contributed by atoms with Crippen molar-refractivity contribution in [1.29, 1.82) is 0 Å². The molecule has 132 valence electrons. The third-order valence-corrected chi connectivity index (χ3v) is 6.37. The first-order valence-corrected chi connectivity index (χ1v) is 10.6. The van der Waals surface area contributed by atoms with Crippen LogP contribution < -0.4 is 5.32 Å². The highest BCUT2D eigenvalue weighted by molar-refractivity contribution is 7.88. The zero-order chi connectivity index (χ0) is 17.2. The number of sulfonamides is 1. The molecule has 1 aromatic rings. The fraction of sp³-hybridized carbons (Fsp3) is 0.611. The topological polar surface area (TPSA) is 66.5 Å². The summed E-state index contributed by atoms with van der Waals surface area (Å²) >= 11 is 0. The Balaban J connectivity index is 1.51. The molecule has 0 spiro atoms. The Kier molecular flexibility index (Phi) is 5.25. The number of benzene rings is 1. The minimum Gasteiger partial charge on any atom is -0.353 e. The number of hydrogen-bond acceptors (Lipinski definition) is 3. The SMILES string of the molecule is CS(=O)(=O)N1CCC(NC(=O)Cc2ccc3c(c2)CCCC3)CC1. The van der Waals surface area contributed by atoms with E-state index in [9.17, 15) is 13.2 Å². The van der Waals surface area contributed by atoms with Crippen LogP contribution in [0.3, 0.4) is 0 Å². The molecule has 1 amide bonds.